The molecule has 1 aliphatic rings. The molecule has 2 aromatic rings. The van der Waals surface area contributed by atoms with Gasteiger partial charge in [-0.1, -0.05) is 0 Å². The third-order valence-corrected chi connectivity index (χ3v) is 5.15. The van der Waals surface area contributed by atoms with E-state index in [1.807, 2.05) is 19.1 Å². The van der Waals surface area contributed by atoms with E-state index >= 15 is 0 Å². The molecule has 1 aliphatic heterocycles. The van der Waals surface area contributed by atoms with Gasteiger partial charge in [-0.25, -0.2) is 4.98 Å². The van der Waals surface area contributed by atoms with E-state index in [0.29, 0.717) is 23.5 Å². The zero-order valence-electron chi connectivity index (χ0n) is 12.7. The molecule has 0 radical (unpaired) electrons. The van der Waals surface area contributed by atoms with Crippen LogP contribution < -0.4 is 0 Å². The number of likely N-dealkylation sites (tertiary alicyclic amines) is 1. The Labute approximate surface area is 137 Å². The van der Waals surface area contributed by atoms with Crippen LogP contribution in [0.2, 0.25) is 0 Å². The second-order valence-electron chi connectivity index (χ2n) is 5.60. The number of pyridine rings is 1. The molecule has 1 fully saturated rings. The molecule has 3 rings (SSSR count). The number of aliphatic carboxylic acids is 1. The summed E-state index contributed by atoms with van der Waals surface area (Å²) in [4.78, 5) is 34.6. The number of piperidine rings is 1. The fourth-order valence-electron chi connectivity index (χ4n) is 2.71. The highest BCUT2D eigenvalue weighted by molar-refractivity contribution is 7.17. The van der Waals surface area contributed by atoms with E-state index in [1.165, 1.54) is 11.3 Å². The van der Waals surface area contributed by atoms with Gasteiger partial charge < -0.3 is 10.0 Å². The minimum absolute atomic E-state index is 0.124. The smallest absolute Gasteiger partial charge is 0.308 e. The van der Waals surface area contributed by atoms with E-state index in [1.54, 1.807) is 17.3 Å². The van der Waals surface area contributed by atoms with Crippen molar-refractivity contribution in [3.05, 3.63) is 35.1 Å². The highest BCUT2D eigenvalue weighted by atomic mass is 32.1. The first-order chi connectivity index (χ1) is 11.1. The van der Waals surface area contributed by atoms with Gasteiger partial charge in [0.05, 0.1) is 11.6 Å². The van der Waals surface area contributed by atoms with Gasteiger partial charge in [-0.2, -0.15) is 0 Å². The van der Waals surface area contributed by atoms with Gasteiger partial charge in [-0.3, -0.25) is 14.6 Å². The van der Waals surface area contributed by atoms with Crippen molar-refractivity contribution in [2.75, 3.05) is 13.1 Å². The van der Waals surface area contributed by atoms with E-state index in [0.717, 1.165) is 17.0 Å². The largest absolute Gasteiger partial charge is 0.481 e. The molecule has 1 amide bonds. The fraction of sp³-hybridized carbons (Fsp3) is 0.375. The molecule has 120 valence electrons. The second-order valence-corrected chi connectivity index (χ2v) is 6.60. The Balaban J connectivity index is 1.83. The van der Waals surface area contributed by atoms with Gasteiger partial charge in [-0.05, 0) is 31.9 Å². The van der Waals surface area contributed by atoms with Crippen LogP contribution in [0.4, 0.5) is 0 Å². The van der Waals surface area contributed by atoms with E-state index in [-0.39, 0.29) is 12.5 Å². The Morgan fingerprint density at radius 1 is 1.43 bits per heavy atom. The van der Waals surface area contributed by atoms with Gasteiger partial charge in [0.1, 0.15) is 9.88 Å². The molecule has 1 N–H and O–H groups in total. The number of nitrogens with zero attached hydrogens (tertiary/aromatic N) is 3. The van der Waals surface area contributed by atoms with Crippen molar-refractivity contribution >= 4 is 23.2 Å². The predicted octanol–water partition coefficient (Wildman–Crippen LogP) is 2.45. The molecule has 0 aromatic carbocycles. The summed E-state index contributed by atoms with van der Waals surface area (Å²) in [5, 5.41) is 9.92. The normalized spacial score (nSPS) is 18.0. The van der Waals surface area contributed by atoms with E-state index in [4.69, 9.17) is 5.11 Å². The number of aromatic nitrogens is 2. The van der Waals surface area contributed by atoms with Gasteiger partial charge in [-0.15, -0.1) is 11.3 Å². The molecule has 2 aromatic heterocycles. The van der Waals surface area contributed by atoms with Crippen molar-refractivity contribution < 1.29 is 14.7 Å². The summed E-state index contributed by atoms with van der Waals surface area (Å²) in [6.45, 7) is 2.68. The van der Waals surface area contributed by atoms with Gasteiger partial charge in [0.15, 0.2) is 0 Å². The number of amides is 1. The molecule has 0 spiro atoms. The zero-order chi connectivity index (χ0) is 16.4. The van der Waals surface area contributed by atoms with Gasteiger partial charge in [0, 0.05) is 31.0 Å². The topological polar surface area (TPSA) is 83.4 Å². The number of carboxylic acid groups (broad SMARTS) is 1. The average molecular weight is 331 g/mol. The maximum atomic E-state index is 12.7. The van der Waals surface area contributed by atoms with Crippen LogP contribution in [0.1, 0.15) is 28.2 Å². The minimum Gasteiger partial charge on any atom is -0.481 e. The summed E-state index contributed by atoms with van der Waals surface area (Å²) in [7, 11) is 0. The second kappa shape index (κ2) is 6.45. The number of rotatable bonds is 3. The number of carboxylic acids is 1. The molecule has 0 aliphatic carbocycles. The summed E-state index contributed by atoms with van der Waals surface area (Å²) >= 11 is 1.33. The van der Waals surface area contributed by atoms with Crippen LogP contribution in [0.25, 0.3) is 10.6 Å². The van der Waals surface area contributed by atoms with Crippen LogP contribution in [-0.4, -0.2) is 44.9 Å². The van der Waals surface area contributed by atoms with Crippen LogP contribution in [0.15, 0.2) is 24.5 Å². The Bertz CT molecular complexity index is 729. The van der Waals surface area contributed by atoms with Crippen LogP contribution >= 0.6 is 11.3 Å². The van der Waals surface area contributed by atoms with E-state index in [2.05, 4.69) is 9.97 Å². The predicted molar refractivity (Wildman–Crippen MR) is 86.3 cm³/mol. The van der Waals surface area contributed by atoms with Gasteiger partial charge in [0.2, 0.25) is 0 Å². The van der Waals surface area contributed by atoms with Crippen molar-refractivity contribution in [2.24, 2.45) is 5.92 Å². The lowest BCUT2D eigenvalue weighted by molar-refractivity contribution is -0.143. The monoisotopic (exact) mass is 331 g/mol. The maximum absolute atomic E-state index is 12.7. The van der Waals surface area contributed by atoms with Crippen LogP contribution in [0, 0.1) is 12.8 Å². The lowest BCUT2D eigenvalue weighted by atomic mass is 9.98. The lowest BCUT2D eigenvalue weighted by Crippen LogP contribution is -2.42. The number of aryl methyl sites for hydroxylation is 1. The number of thiazole rings is 1. The Kier molecular flexibility index (Phi) is 4.38. The van der Waals surface area contributed by atoms with Gasteiger partial charge in [0.25, 0.3) is 5.91 Å². The third-order valence-electron chi connectivity index (χ3n) is 3.96. The summed E-state index contributed by atoms with van der Waals surface area (Å²) in [5.74, 6) is -1.43. The van der Waals surface area contributed by atoms with Crippen molar-refractivity contribution in [2.45, 2.75) is 19.8 Å². The molecule has 6 nitrogen and oxygen atoms in total. The molecular formula is C16H17N3O3S. The summed E-state index contributed by atoms with van der Waals surface area (Å²) in [6, 6.07) is 3.73. The Morgan fingerprint density at radius 2 is 2.26 bits per heavy atom. The van der Waals surface area contributed by atoms with Gasteiger partial charge >= 0.3 is 5.97 Å². The highest BCUT2D eigenvalue weighted by Gasteiger charge is 2.30. The van der Waals surface area contributed by atoms with Crippen molar-refractivity contribution in [1.82, 2.24) is 14.9 Å². The van der Waals surface area contributed by atoms with Crippen LogP contribution in [0.3, 0.4) is 0 Å². The van der Waals surface area contributed by atoms with Crippen molar-refractivity contribution in [3.8, 4) is 10.6 Å². The minimum atomic E-state index is -0.834. The zero-order valence-corrected chi connectivity index (χ0v) is 13.5. The standard InChI is InChI=1S/C16H17N3O3S/c1-10-13(23-14(18-10)11-4-2-6-17-8-11)15(20)19-7-3-5-12(9-19)16(21)22/h2,4,6,8,12H,3,5,7,9H2,1H3,(H,21,22)/t12-/m1/s1. The third kappa shape index (κ3) is 3.24. The van der Waals surface area contributed by atoms with Crippen molar-refractivity contribution in [3.63, 3.8) is 0 Å². The molecule has 1 atom stereocenters. The molecular weight excluding hydrogens is 314 g/mol. The molecule has 7 heteroatoms. The number of hydrogen-bond acceptors (Lipinski definition) is 5. The Hall–Kier alpha value is -2.28. The highest BCUT2D eigenvalue weighted by Crippen LogP contribution is 2.29. The fourth-order valence-corrected chi connectivity index (χ4v) is 3.74. The quantitative estimate of drug-likeness (QED) is 0.934. The summed E-state index contributed by atoms with van der Waals surface area (Å²) in [6.07, 6.45) is 4.75. The number of hydrogen-bond donors (Lipinski definition) is 1. The number of carbonyl (C=O) groups is 2. The van der Waals surface area contributed by atoms with Crippen LogP contribution in [0.5, 0.6) is 0 Å². The van der Waals surface area contributed by atoms with Crippen molar-refractivity contribution in [1.29, 1.82) is 0 Å². The summed E-state index contributed by atoms with van der Waals surface area (Å²) in [5.41, 5.74) is 1.55. The molecule has 0 bridgehead atoms. The summed E-state index contributed by atoms with van der Waals surface area (Å²) < 4.78 is 0. The first-order valence-corrected chi connectivity index (χ1v) is 8.28. The van der Waals surface area contributed by atoms with Crippen LogP contribution in [-0.2, 0) is 4.79 Å². The molecule has 3 heterocycles. The van der Waals surface area contributed by atoms with E-state index in [9.17, 15) is 9.59 Å². The first-order valence-electron chi connectivity index (χ1n) is 7.46. The first kappa shape index (κ1) is 15.6. The molecule has 0 unspecified atom stereocenters. The SMILES string of the molecule is Cc1nc(-c2cccnc2)sc1C(=O)N1CCC[C@@H](C(=O)O)C1. The Morgan fingerprint density at radius 3 is 2.96 bits per heavy atom. The molecule has 0 saturated carbocycles. The van der Waals surface area contributed by atoms with E-state index < -0.39 is 11.9 Å². The lowest BCUT2D eigenvalue weighted by Gasteiger charge is -2.30. The maximum Gasteiger partial charge on any atom is 0.308 e. The molecule has 1 saturated heterocycles. The molecule has 23 heavy (non-hydrogen) atoms. The average Bonchev–Trinajstić information content (AvgIpc) is 2.97. The number of carbonyl (C=O) groups excluding carboxylic acids is 1.